The zero-order chi connectivity index (χ0) is 21.4. The van der Waals surface area contributed by atoms with E-state index in [1.807, 2.05) is 6.92 Å². The predicted molar refractivity (Wildman–Crippen MR) is 105 cm³/mol. The largest absolute Gasteiger partial charge is 0.490 e. The number of nitrogens with zero attached hydrogens (tertiary/aromatic N) is 3. The van der Waals surface area contributed by atoms with E-state index in [-0.39, 0.29) is 17.5 Å². The molecule has 0 saturated heterocycles. The molecule has 0 aromatic carbocycles. The Balaban J connectivity index is 2.36. The first-order valence-corrected chi connectivity index (χ1v) is 9.15. The van der Waals surface area contributed by atoms with Crippen LogP contribution in [0, 0.1) is 0 Å². The van der Waals surface area contributed by atoms with Gasteiger partial charge in [-0.1, -0.05) is 6.92 Å². The van der Waals surface area contributed by atoms with Crippen LogP contribution in [0.4, 0.5) is 26.1 Å². The molecule has 2 N–H and O–H groups in total. The summed E-state index contributed by atoms with van der Waals surface area (Å²) in [5.41, 5.74) is 0.894. The average Bonchev–Trinajstić information content (AvgIpc) is 2.65. The molecule has 0 radical (unpaired) electrons. The van der Waals surface area contributed by atoms with Gasteiger partial charge in [-0.3, -0.25) is 4.79 Å². The zero-order valence-corrected chi connectivity index (χ0v) is 16.9. The molecule has 2 heterocycles. The molecule has 8 nitrogen and oxygen atoms in total. The van der Waals surface area contributed by atoms with Crippen molar-refractivity contribution in [2.24, 2.45) is 0 Å². The fourth-order valence-corrected chi connectivity index (χ4v) is 2.37. The van der Waals surface area contributed by atoms with E-state index in [9.17, 15) is 13.6 Å². The molecule has 0 aliphatic carbocycles. The van der Waals surface area contributed by atoms with Gasteiger partial charge in [0.2, 0.25) is 11.7 Å². The second kappa shape index (κ2) is 10.1. The van der Waals surface area contributed by atoms with Crippen molar-refractivity contribution in [3.05, 3.63) is 29.8 Å². The van der Waals surface area contributed by atoms with Gasteiger partial charge in [0.05, 0.1) is 18.5 Å². The summed E-state index contributed by atoms with van der Waals surface area (Å²) in [4.78, 5) is 23.3. The Morgan fingerprint density at radius 2 is 1.97 bits per heavy atom. The Morgan fingerprint density at radius 1 is 1.21 bits per heavy atom. The number of rotatable bonds is 10. The van der Waals surface area contributed by atoms with Gasteiger partial charge in [-0.2, -0.15) is 8.78 Å². The van der Waals surface area contributed by atoms with Crippen molar-refractivity contribution >= 4 is 23.2 Å². The van der Waals surface area contributed by atoms with Crippen molar-refractivity contribution in [2.45, 2.75) is 39.5 Å². The van der Waals surface area contributed by atoms with Crippen LogP contribution < -0.4 is 15.4 Å². The van der Waals surface area contributed by atoms with Gasteiger partial charge in [-0.25, -0.2) is 15.0 Å². The quantitative estimate of drug-likeness (QED) is 0.578. The van der Waals surface area contributed by atoms with Crippen LogP contribution in [0.5, 0.6) is 5.75 Å². The van der Waals surface area contributed by atoms with Crippen LogP contribution in [0.3, 0.4) is 0 Å². The molecule has 0 atom stereocenters. The van der Waals surface area contributed by atoms with E-state index < -0.39 is 11.7 Å². The molecule has 0 aliphatic heterocycles. The van der Waals surface area contributed by atoms with Crippen molar-refractivity contribution in [1.29, 1.82) is 0 Å². The minimum atomic E-state index is -3.18. The highest BCUT2D eigenvalue weighted by atomic mass is 19.3. The van der Waals surface area contributed by atoms with Crippen molar-refractivity contribution in [2.75, 3.05) is 31.0 Å². The van der Waals surface area contributed by atoms with Gasteiger partial charge in [0, 0.05) is 51.8 Å². The third-order valence-corrected chi connectivity index (χ3v) is 3.72. The van der Waals surface area contributed by atoms with Gasteiger partial charge < -0.3 is 20.1 Å². The lowest BCUT2D eigenvalue weighted by Gasteiger charge is -2.16. The SMILES string of the molecule is CCc1cc(Nc2cc(NC(C)=O)ncc2OCCCOC)nc(C(C)(F)F)n1. The van der Waals surface area contributed by atoms with Gasteiger partial charge in [0.25, 0.3) is 0 Å². The molecule has 0 bridgehead atoms. The third kappa shape index (κ3) is 6.90. The molecule has 0 unspecified atom stereocenters. The Morgan fingerprint density at radius 3 is 2.59 bits per heavy atom. The summed E-state index contributed by atoms with van der Waals surface area (Å²) >= 11 is 0. The molecule has 1 amide bonds. The van der Waals surface area contributed by atoms with Crippen LogP contribution in [0.2, 0.25) is 0 Å². The summed E-state index contributed by atoms with van der Waals surface area (Å²) in [6.45, 7) is 4.82. The van der Waals surface area contributed by atoms with Crippen LogP contribution >= 0.6 is 0 Å². The Hall–Kier alpha value is -2.88. The minimum absolute atomic E-state index is 0.190. The van der Waals surface area contributed by atoms with Crippen molar-refractivity contribution < 1.29 is 23.0 Å². The summed E-state index contributed by atoms with van der Waals surface area (Å²) in [6, 6.07) is 3.13. The first kappa shape index (κ1) is 22.4. The number of carbonyl (C=O) groups is 1. The highest BCUT2D eigenvalue weighted by Crippen LogP contribution is 2.31. The smallest absolute Gasteiger partial charge is 0.303 e. The van der Waals surface area contributed by atoms with Crippen molar-refractivity contribution in [3.63, 3.8) is 0 Å². The lowest BCUT2D eigenvalue weighted by molar-refractivity contribution is -0.114. The maximum atomic E-state index is 13.8. The number of hydrogen-bond donors (Lipinski definition) is 2. The molecule has 29 heavy (non-hydrogen) atoms. The topological polar surface area (TPSA) is 98.3 Å². The van der Waals surface area contributed by atoms with Gasteiger partial charge in [-0.05, 0) is 6.42 Å². The number of hydrogen-bond acceptors (Lipinski definition) is 7. The van der Waals surface area contributed by atoms with Gasteiger partial charge in [-0.15, -0.1) is 0 Å². The van der Waals surface area contributed by atoms with E-state index in [1.165, 1.54) is 13.1 Å². The lowest BCUT2D eigenvalue weighted by atomic mass is 10.2. The zero-order valence-electron chi connectivity index (χ0n) is 16.9. The number of ether oxygens (including phenoxy) is 2. The monoisotopic (exact) mass is 409 g/mol. The molecule has 0 saturated carbocycles. The average molecular weight is 409 g/mol. The molecule has 158 valence electrons. The highest BCUT2D eigenvalue weighted by Gasteiger charge is 2.29. The van der Waals surface area contributed by atoms with Crippen LogP contribution in [-0.4, -0.2) is 41.2 Å². The molecule has 10 heteroatoms. The standard InChI is InChI=1S/C19H25F2N5O3/c1-5-13-9-17(26-18(24-13)19(3,20)21)25-14-10-16(23-12(2)27)22-11-15(14)29-8-6-7-28-4/h9-11H,5-8H2,1-4H3,(H2,22,23,24,25,26,27). The van der Waals surface area contributed by atoms with Gasteiger partial charge >= 0.3 is 5.92 Å². The molecule has 0 aliphatic rings. The number of methoxy groups -OCH3 is 1. The number of aromatic nitrogens is 3. The fraction of sp³-hybridized carbons (Fsp3) is 0.474. The second-order valence-corrected chi connectivity index (χ2v) is 6.38. The van der Waals surface area contributed by atoms with E-state index >= 15 is 0 Å². The van der Waals surface area contributed by atoms with E-state index in [1.54, 1.807) is 19.2 Å². The van der Waals surface area contributed by atoms with Crippen LogP contribution in [-0.2, 0) is 21.9 Å². The Kier molecular flexibility index (Phi) is 7.77. The number of pyridine rings is 1. The van der Waals surface area contributed by atoms with Gasteiger partial charge in [0.1, 0.15) is 11.6 Å². The van der Waals surface area contributed by atoms with E-state index in [0.29, 0.717) is 43.2 Å². The Labute approximate surface area is 168 Å². The number of amides is 1. The van der Waals surface area contributed by atoms with E-state index in [0.717, 1.165) is 6.92 Å². The molecular formula is C19H25F2N5O3. The third-order valence-electron chi connectivity index (χ3n) is 3.72. The molecule has 2 aromatic heterocycles. The molecule has 0 fully saturated rings. The van der Waals surface area contributed by atoms with Gasteiger partial charge in [0.15, 0.2) is 5.75 Å². The van der Waals surface area contributed by atoms with Crippen LogP contribution in [0.15, 0.2) is 18.3 Å². The molecule has 0 spiro atoms. The van der Waals surface area contributed by atoms with E-state index in [2.05, 4.69) is 25.6 Å². The lowest BCUT2D eigenvalue weighted by Crippen LogP contribution is -2.15. The number of halogens is 2. The molecule has 2 aromatic rings. The maximum absolute atomic E-state index is 13.8. The number of alkyl halides is 2. The van der Waals surface area contributed by atoms with E-state index in [4.69, 9.17) is 9.47 Å². The predicted octanol–water partition coefficient (Wildman–Crippen LogP) is 3.66. The highest BCUT2D eigenvalue weighted by molar-refractivity contribution is 5.88. The fourth-order valence-electron chi connectivity index (χ4n) is 2.37. The number of aryl methyl sites for hydroxylation is 1. The molecule has 2 rings (SSSR count). The minimum Gasteiger partial charge on any atom is -0.490 e. The summed E-state index contributed by atoms with van der Waals surface area (Å²) in [6.07, 6.45) is 2.56. The van der Waals surface area contributed by atoms with Crippen LogP contribution in [0.1, 0.15) is 38.7 Å². The van der Waals surface area contributed by atoms with Crippen molar-refractivity contribution in [1.82, 2.24) is 15.0 Å². The van der Waals surface area contributed by atoms with Crippen LogP contribution in [0.25, 0.3) is 0 Å². The maximum Gasteiger partial charge on any atom is 0.303 e. The normalized spacial score (nSPS) is 11.2. The molecular weight excluding hydrogens is 384 g/mol. The second-order valence-electron chi connectivity index (χ2n) is 6.38. The van der Waals surface area contributed by atoms with Crippen molar-refractivity contribution in [3.8, 4) is 5.75 Å². The number of carbonyl (C=O) groups excluding carboxylic acids is 1. The first-order valence-electron chi connectivity index (χ1n) is 9.15. The number of anilines is 3. The Bertz CT molecular complexity index is 843. The summed E-state index contributed by atoms with van der Waals surface area (Å²) < 4.78 is 38.2. The summed E-state index contributed by atoms with van der Waals surface area (Å²) in [7, 11) is 1.60. The summed E-state index contributed by atoms with van der Waals surface area (Å²) in [5.74, 6) is -3.18. The summed E-state index contributed by atoms with van der Waals surface area (Å²) in [5, 5.41) is 5.56. The number of nitrogens with one attached hydrogen (secondary N) is 2. The first-order chi connectivity index (χ1) is 13.7.